The summed E-state index contributed by atoms with van der Waals surface area (Å²) in [6.07, 6.45) is 2.45. The van der Waals surface area contributed by atoms with Crippen LogP contribution in [0.25, 0.3) is 26.9 Å². The first-order valence-electron chi connectivity index (χ1n) is 11.3. The van der Waals surface area contributed by atoms with Crippen molar-refractivity contribution < 1.29 is 19.1 Å². The van der Waals surface area contributed by atoms with Gasteiger partial charge in [-0.1, -0.05) is 23.7 Å². The maximum atomic E-state index is 12.8. The second-order valence-corrected chi connectivity index (χ2v) is 10.7. The van der Waals surface area contributed by atoms with E-state index in [0.717, 1.165) is 38.0 Å². The Hall–Kier alpha value is -2.77. The molecule has 0 saturated carbocycles. The van der Waals surface area contributed by atoms with Gasteiger partial charge in [-0.3, -0.25) is 0 Å². The van der Waals surface area contributed by atoms with Gasteiger partial charge in [-0.15, -0.1) is 11.3 Å². The lowest BCUT2D eigenvalue weighted by molar-refractivity contribution is 0.0270. The zero-order valence-corrected chi connectivity index (χ0v) is 21.7. The number of H-pyrrole nitrogens is 1. The number of carbonyl (C=O) groups excluding carboxylic acids is 2. The maximum absolute atomic E-state index is 12.8. The summed E-state index contributed by atoms with van der Waals surface area (Å²) in [4.78, 5) is 30.3. The Morgan fingerprint density at radius 3 is 2.62 bits per heavy atom. The minimum absolute atomic E-state index is 0.290. The highest BCUT2D eigenvalue weighted by Gasteiger charge is 2.27. The summed E-state index contributed by atoms with van der Waals surface area (Å²) in [6, 6.07) is 5.79. The molecule has 34 heavy (non-hydrogen) atoms. The minimum atomic E-state index is -0.524. The second-order valence-electron chi connectivity index (χ2n) is 9.37. The van der Waals surface area contributed by atoms with E-state index >= 15 is 0 Å². The van der Waals surface area contributed by atoms with Gasteiger partial charge in [0, 0.05) is 34.6 Å². The molecule has 0 unspecified atom stereocenters. The Kier molecular flexibility index (Phi) is 6.78. The molecule has 3 heterocycles. The van der Waals surface area contributed by atoms with E-state index < -0.39 is 11.6 Å². The normalized spacial score (nSPS) is 14.3. The molecule has 0 atom stereocenters. The number of benzene rings is 1. The fourth-order valence-electron chi connectivity index (χ4n) is 4.12. The molecular weight excluding hydrogens is 472 g/mol. The van der Waals surface area contributed by atoms with Crippen LogP contribution in [0.4, 0.5) is 4.79 Å². The first kappa shape index (κ1) is 24.4. The van der Waals surface area contributed by atoms with Crippen LogP contribution < -0.4 is 0 Å². The molecule has 180 valence electrons. The van der Waals surface area contributed by atoms with Crippen molar-refractivity contribution in [2.75, 3.05) is 19.7 Å². The highest BCUT2D eigenvalue weighted by atomic mass is 35.5. The van der Waals surface area contributed by atoms with Crippen LogP contribution >= 0.6 is 22.9 Å². The number of carbonyl (C=O) groups is 2. The molecule has 4 rings (SSSR count). The van der Waals surface area contributed by atoms with Crippen LogP contribution in [0.15, 0.2) is 29.7 Å². The summed E-state index contributed by atoms with van der Waals surface area (Å²) in [5.41, 5.74) is 5.68. The molecule has 0 saturated heterocycles. The molecule has 0 spiro atoms. The quantitative estimate of drug-likeness (QED) is 0.389. The lowest BCUT2D eigenvalue weighted by atomic mass is 10.00. The summed E-state index contributed by atoms with van der Waals surface area (Å²) in [7, 11) is 0. The average Bonchev–Trinajstić information content (AvgIpc) is 3.31. The number of fused-ring (bicyclic) bond motifs is 1. The van der Waals surface area contributed by atoms with Crippen molar-refractivity contribution in [1.82, 2.24) is 9.88 Å². The Morgan fingerprint density at radius 1 is 1.24 bits per heavy atom. The van der Waals surface area contributed by atoms with Gasteiger partial charge < -0.3 is 19.4 Å². The highest BCUT2D eigenvalue weighted by molar-refractivity contribution is 7.18. The third-order valence-corrected chi connectivity index (χ3v) is 6.75. The molecule has 0 radical (unpaired) electrons. The van der Waals surface area contributed by atoms with Crippen molar-refractivity contribution in [3.63, 3.8) is 0 Å². The molecule has 0 bridgehead atoms. The van der Waals surface area contributed by atoms with Crippen molar-refractivity contribution in [2.45, 2.75) is 46.6 Å². The zero-order valence-electron chi connectivity index (χ0n) is 20.1. The van der Waals surface area contributed by atoms with Gasteiger partial charge in [0.15, 0.2) is 0 Å². The minimum Gasteiger partial charge on any atom is -0.461 e. The number of halogens is 1. The molecule has 2 aromatic heterocycles. The third kappa shape index (κ3) is 5.00. The Morgan fingerprint density at radius 2 is 2.00 bits per heavy atom. The predicted molar refractivity (Wildman–Crippen MR) is 138 cm³/mol. The number of nitrogens with one attached hydrogen (secondary N) is 1. The Labute approximate surface area is 208 Å². The molecule has 1 amide bonds. The number of esters is 1. The van der Waals surface area contributed by atoms with Gasteiger partial charge in [0.05, 0.1) is 16.8 Å². The number of thiophene rings is 1. The van der Waals surface area contributed by atoms with Gasteiger partial charge in [-0.25, -0.2) is 9.59 Å². The summed E-state index contributed by atoms with van der Waals surface area (Å²) in [5, 5.41) is 2.72. The van der Waals surface area contributed by atoms with Gasteiger partial charge >= 0.3 is 12.1 Å². The number of aryl methyl sites for hydroxylation is 1. The number of hydrogen-bond acceptors (Lipinski definition) is 5. The molecule has 0 fully saturated rings. The number of aromatic nitrogens is 1. The summed E-state index contributed by atoms with van der Waals surface area (Å²) in [5.74, 6) is -0.391. The summed E-state index contributed by atoms with van der Waals surface area (Å²) in [6.45, 7) is 10.7. The van der Waals surface area contributed by atoms with Crippen LogP contribution in [0, 0.1) is 6.92 Å². The molecule has 1 N–H and O–H groups in total. The van der Waals surface area contributed by atoms with E-state index in [0.29, 0.717) is 30.2 Å². The Bertz CT molecular complexity index is 1260. The van der Waals surface area contributed by atoms with Crippen LogP contribution in [-0.4, -0.2) is 47.2 Å². The number of ether oxygens (including phenoxy) is 2. The molecule has 3 aromatic rings. The predicted octanol–water partition coefficient (Wildman–Crippen LogP) is 7.06. The smallest absolute Gasteiger partial charge is 0.410 e. The number of aromatic amines is 1. The van der Waals surface area contributed by atoms with Crippen LogP contribution in [-0.2, 0) is 9.47 Å². The molecule has 1 aliphatic rings. The summed E-state index contributed by atoms with van der Waals surface area (Å²) < 4.78 is 11.8. The zero-order chi connectivity index (χ0) is 24.6. The highest BCUT2D eigenvalue weighted by Crippen LogP contribution is 2.42. The van der Waals surface area contributed by atoms with Crippen molar-refractivity contribution in [1.29, 1.82) is 0 Å². The largest absolute Gasteiger partial charge is 0.461 e. The first-order chi connectivity index (χ1) is 16.1. The van der Waals surface area contributed by atoms with E-state index in [1.54, 1.807) is 23.2 Å². The van der Waals surface area contributed by atoms with Crippen LogP contribution in [0.2, 0.25) is 5.02 Å². The topological polar surface area (TPSA) is 71.6 Å². The van der Waals surface area contributed by atoms with Crippen molar-refractivity contribution in [3.05, 3.63) is 51.5 Å². The fourth-order valence-corrected chi connectivity index (χ4v) is 5.53. The van der Waals surface area contributed by atoms with Crippen molar-refractivity contribution in [3.8, 4) is 11.1 Å². The standard InChI is InChI=1S/C26H29ClN2O4S/c1-6-32-24(30)22-20(17-11-15(2)12-18(27)13-17)23-21(28-22)19(14-34-23)16-7-9-29(10-8-16)25(31)33-26(3,4)5/h7,11-14,28H,6,8-10H2,1-5H3. The van der Waals surface area contributed by atoms with Gasteiger partial charge in [-0.05, 0) is 69.9 Å². The van der Waals surface area contributed by atoms with Gasteiger partial charge in [0.1, 0.15) is 11.3 Å². The lowest BCUT2D eigenvalue weighted by Crippen LogP contribution is -2.39. The van der Waals surface area contributed by atoms with Crippen molar-refractivity contribution >= 4 is 50.8 Å². The van der Waals surface area contributed by atoms with Crippen LogP contribution in [0.3, 0.4) is 0 Å². The molecule has 0 aliphatic carbocycles. The summed E-state index contributed by atoms with van der Waals surface area (Å²) >= 11 is 7.93. The number of hydrogen-bond donors (Lipinski definition) is 1. The van der Waals surface area contributed by atoms with Crippen molar-refractivity contribution in [2.24, 2.45) is 0 Å². The van der Waals surface area contributed by atoms with Crippen LogP contribution in [0.5, 0.6) is 0 Å². The van der Waals surface area contributed by atoms with Gasteiger partial charge in [-0.2, -0.15) is 0 Å². The van der Waals surface area contributed by atoms with E-state index in [4.69, 9.17) is 21.1 Å². The molecule has 1 aliphatic heterocycles. The van der Waals surface area contributed by atoms with Gasteiger partial charge in [0.25, 0.3) is 0 Å². The molecular formula is C26H29ClN2O4S. The fraction of sp³-hybridized carbons (Fsp3) is 0.385. The SMILES string of the molecule is CCOC(=O)c1[nH]c2c(C3=CCN(C(=O)OC(C)(C)C)CC3)csc2c1-c1cc(C)cc(Cl)c1. The first-order valence-corrected chi connectivity index (χ1v) is 12.6. The maximum Gasteiger partial charge on any atom is 0.410 e. The molecule has 8 heteroatoms. The van der Waals surface area contributed by atoms with Crippen LogP contribution in [0.1, 0.15) is 55.7 Å². The lowest BCUT2D eigenvalue weighted by Gasteiger charge is -2.29. The molecule has 6 nitrogen and oxygen atoms in total. The Balaban J connectivity index is 1.73. The van der Waals surface area contributed by atoms with Gasteiger partial charge in [0.2, 0.25) is 0 Å². The third-order valence-electron chi connectivity index (χ3n) is 5.54. The van der Waals surface area contributed by atoms with E-state index in [1.165, 1.54) is 0 Å². The van der Waals surface area contributed by atoms with E-state index in [-0.39, 0.29) is 12.7 Å². The number of amides is 1. The number of rotatable bonds is 4. The monoisotopic (exact) mass is 500 g/mol. The molecule has 1 aromatic carbocycles. The van der Waals surface area contributed by atoms with E-state index in [9.17, 15) is 9.59 Å². The second kappa shape index (κ2) is 9.47. The van der Waals surface area contributed by atoms with E-state index in [2.05, 4.69) is 16.4 Å². The number of nitrogens with zero attached hydrogens (tertiary/aromatic N) is 1. The van der Waals surface area contributed by atoms with E-state index in [1.807, 2.05) is 45.9 Å². The average molecular weight is 501 g/mol.